The first-order chi connectivity index (χ1) is 11.4. The molecule has 0 spiro atoms. The van der Waals surface area contributed by atoms with Crippen LogP contribution in [0.25, 0.3) is 0 Å². The van der Waals surface area contributed by atoms with Crippen LogP contribution in [0.2, 0.25) is 10.0 Å². The molecule has 0 aliphatic carbocycles. The predicted molar refractivity (Wildman–Crippen MR) is 97.3 cm³/mol. The number of carbonyl (C=O) groups excluding carboxylic acids is 1. The number of carbonyl (C=O) groups is 1. The van der Waals surface area contributed by atoms with Gasteiger partial charge >= 0.3 is 0 Å². The van der Waals surface area contributed by atoms with Crippen molar-refractivity contribution in [2.45, 2.75) is 6.42 Å². The lowest BCUT2D eigenvalue weighted by molar-refractivity contribution is 0.0951. The maximum atomic E-state index is 12.0. The van der Waals surface area contributed by atoms with Gasteiger partial charge in [-0.05, 0) is 45.3 Å². The Bertz CT molecular complexity index is 671. The largest absolute Gasteiger partial charge is 0.352 e. The lowest BCUT2D eigenvalue weighted by atomic mass is 10.3. The van der Waals surface area contributed by atoms with Crippen LogP contribution in [0.1, 0.15) is 16.8 Å². The van der Waals surface area contributed by atoms with Crippen LogP contribution in [-0.2, 0) is 0 Å². The van der Waals surface area contributed by atoms with E-state index in [9.17, 15) is 4.79 Å². The van der Waals surface area contributed by atoms with E-state index in [1.807, 2.05) is 14.1 Å². The topological polar surface area (TPSA) is 70.2 Å². The summed E-state index contributed by atoms with van der Waals surface area (Å²) in [6.07, 6.45) is 3.83. The van der Waals surface area contributed by atoms with Gasteiger partial charge in [-0.15, -0.1) is 0 Å². The van der Waals surface area contributed by atoms with E-state index >= 15 is 0 Å². The minimum absolute atomic E-state index is 0.189. The van der Waals surface area contributed by atoms with Crippen molar-refractivity contribution in [3.63, 3.8) is 0 Å². The summed E-state index contributed by atoms with van der Waals surface area (Å²) in [5.74, 6) is 0.170. The molecule has 0 atom stereocenters. The molecule has 0 bridgehead atoms. The fourth-order valence-electron chi connectivity index (χ4n) is 1.96. The first kappa shape index (κ1) is 18.4. The van der Waals surface area contributed by atoms with Gasteiger partial charge in [0.15, 0.2) is 0 Å². The molecule has 2 aromatic rings. The molecule has 0 fully saturated rings. The van der Waals surface area contributed by atoms with Gasteiger partial charge in [-0.1, -0.05) is 23.2 Å². The molecule has 2 rings (SSSR count). The Morgan fingerprint density at radius 2 is 1.75 bits per heavy atom. The molecule has 0 saturated heterocycles. The number of rotatable bonds is 7. The van der Waals surface area contributed by atoms with Crippen LogP contribution in [0, 0.1) is 0 Å². The molecule has 1 aromatic heterocycles. The zero-order valence-electron chi connectivity index (χ0n) is 13.5. The van der Waals surface area contributed by atoms with Gasteiger partial charge in [0, 0.05) is 34.7 Å². The number of hydrogen-bond acceptors (Lipinski definition) is 5. The van der Waals surface area contributed by atoms with Crippen molar-refractivity contribution >= 4 is 40.7 Å². The third kappa shape index (κ3) is 5.96. The molecule has 24 heavy (non-hydrogen) atoms. The standard InChI is InChI=1S/C16H19Cl2N5O/c1-23(2)5-3-4-19-15(24)11-9-20-16(21-10-11)22-14-7-12(17)6-13(18)8-14/h6-10H,3-5H2,1-2H3,(H,19,24)(H,20,21,22). The number of halogens is 2. The highest BCUT2D eigenvalue weighted by Gasteiger charge is 2.07. The Kier molecular flexibility index (Phi) is 6.78. The summed E-state index contributed by atoms with van der Waals surface area (Å²) in [6, 6.07) is 5.06. The molecular weight excluding hydrogens is 349 g/mol. The summed E-state index contributed by atoms with van der Waals surface area (Å²) in [6.45, 7) is 1.53. The second-order valence-corrected chi connectivity index (χ2v) is 6.36. The Labute approximate surface area is 151 Å². The minimum Gasteiger partial charge on any atom is -0.352 e. The lowest BCUT2D eigenvalue weighted by Crippen LogP contribution is -2.27. The Hall–Kier alpha value is -1.89. The van der Waals surface area contributed by atoms with Crippen molar-refractivity contribution in [3.8, 4) is 0 Å². The van der Waals surface area contributed by atoms with Crippen molar-refractivity contribution in [1.82, 2.24) is 20.2 Å². The highest BCUT2D eigenvalue weighted by atomic mass is 35.5. The van der Waals surface area contributed by atoms with Crippen LogP contribution >= 0.6 is 23.2 Å². The van der Waals surface area contributed by atoms with Gasteiger partial charge in [0.1, 0.15) is 0 Å². The maximum absolute atomic E-state index is 12.0. The highest BCUT2D eigenvalue weighted by Crippen LogP contribution is 2.24. The zero-order valence-corrected chi connectivity index (χ0v) is 15.0. The average molecular weight is 368 g/mol. The van der Waals surface area contributed by atoms with Crippen molar-refractivity contribution in [2.75, 3.05) is 32.5 Å². The predicted octanol–water partition coefficient (Wildman–Crippen LogP) is 3.21. The molecule has 1 aromatic carbocycles. The monoisotopic (exact) mass is 367 g/mol. The Morgan fingerprint density at radius 3 is 2.33 bits per heavy atom. The molecule has 1 amide bonds. The van der Waals surface area contributed by atoms with Gasteiger partial charge in [0.05, 0.1) is 5.56 Å². The van der Waals surface area contributed by atoms with Gasteiger partial charge in [0.25, 0.3) is 5.91 Å². The van der Waals surface area contributed by atoms with E-state index < -0.39 is 0 Å². The van der Waals surface area contributed by atoms with Crippen LogP contribution < -0.4 is 10.6 Å². The molecule has 0 saturated carbocycles. The summed E-state index contributed by atoms with van der Waals surface area (Å²) >= 11 is 11.9. The first-order valence-electron chi connectivity index (χ1n) is 7.42. The molecule has 1 heterocycles. The number of amides is 1. The lowest BCUT2D eigenvalue weighted by Gasteiger charge is -2.10. The van der Waals surface area contributed by atoms with E-state index in [4.69, 9.17) is 23.2 Å². The fourth-order valence-corrected chi connectivity index (χ4v) is 2.49. The van der Waals surface area contributed by atoms with Crippen LogP contribution in [0.4, 0.5) is 11.6 Å². The second kappa shape index (κ2) is 8.82. The van der Waals surface area contributed by atoms with Gasteiger partial charge in [-0.25, -0.2) is 9.97 Å². The SMILES string of the molecule is CN(C)CCCNC(=O)c1cnc(Nc2cc(Cl)cc(Cl)c2)nc1. The van der Waals surface area contributed by atoms with Crippen molar-refractivity contribution in [2.24, 2.45) is 0 Å². The number of aromatic nitrogens is 2. The van der Waals surface area contributed by atoms with Gasteiger partial charge < -0.3 is 15.5 Å². The third-order valence-electron chi connectivity index (χ3n) is 3.10. The van der Waals surface area contributed by atoms with Crippen LogP contribution in [0.3, 0.4) is 0 Å². The van der Waals surface area contributed by atoms with Gasteiger partial charge in [-0.3, -0.25) is 4.79 Å². The molecule has 0 aliphatic rings. The maximum Gasteiger partial charge on any atom is 0.254 e. The second-order valence-electron chi connectivity index (χ2n) is 5.49. The molecule has 6 nitrogen and oxygen atoms in total. The van der Waals surface area contributed by atoms with E-state index in [1.54, 1.807) is 18.2 Å². The van der Waals surface area contributed by atoms with Crippen molar-refractivity contribution in [3.05, 3.63) is 46.2 Å². The Balaban J connectivity index is 1.91. The molecule has 128 valence electrons. The van der Waals surface area contributed by atoms with Crippen LogP contribution in [-0.4, -0.2) is 48.0 Å². The number of nitrogens with one attached hydrogen (secondary N) is 2. The molecular formula is C16H19Cl2N5O. The van der Waals surface area contributed by atoms with E-state index in [2.05, 4.69) is 25.5 Å². The summed E-state index contributed by atoms with van der Waals surface area (Å²) in [4.78, 5) is 22.3. The summed E-state index contributed by atoms with van der Waals surface area (Å²) < 4.78 is 0. The molecule has 8 heteroatoms. The summed E-state index contributed by atoms with van der Waals surface area (Å²) in [5.41, 5.74) is 1.09. The van der Waals surface area contributed by atoms with E-state index in [-0.39, 0.29) is 5.91 Å². The van der Waals surface area contributed by atoms with E-state index in [1.165, 1.54) is 12.4 Å². The molecule has 0 aliphatic heterocycles. The third-order valence-corrected chi connectivity index (χ3v) is 3.54. The summed E-state index contributed by atoms with van der Waals surface area (Å²) in [5, 5.41) is 6.85. The number of nitrogens with zero attached hydrogens (tertiary/aromatic N) is 3. The number of anilines is 2. The Morgan fingerprint density at radius 1 is 1.12 bits per heavy atom. The fraction of sp³-hybridized carbons (Fsp3) is 0.312. The first-order valence-corrected chi connectivity index (χ1v) is 8.18. The van der Waals surface area contributed by atoms with Gasteiger partial charge in [-0.2, -0.15) is 0 Å². The zero-order chi connectivity index (χ0) is 17.5. The van der Waals surface area contributed by atoms with Gasteiger partial charge in [0.2, 0.25) is 5.95 Å². The smallest absolute Gasteiger partial charge is 0.254 e. The van der Waals surface area contributed by atoms with E-state index in [0.717, 1.165) is 13.0 Å². The highest BCUT2D eigenvalue weighted by molar-refractivity contribution is 6.35. The number of benzene rings is 1. The summed E-state index contributed by atoms with van der Waals surface area (Å²) in [7, 11) is 3.99. The number of hydrogen-bond donors (Lipinski definition) is 2. The minimum atomic E-state index is -0.189. The quantitative estimate of drug-likeness (QED) is 0.735. The van der Waals surface area contributed by atoms with E-state index in [0.29, 0.717) is 33.8 Å². The van der Waals surface area contributed by atoms with Crippen LogP contribution in [0.15, 0.2) is 30.6 Å². The van der Waals surface area contributed by atoms with Crippen molar-refractivity contribution < 1.29 is 4.79 Å². The average Bonchev–Trinajstić information content (AvgIpc) is 2.51. The molecule has 2 N–H and O–H groups in total. The van der Waals surface area contributed by atoms with Crippen molar-refractivity contribution in [1.29, 1.82) is 0 Å². The normalized spacial score (nSPS) is 10.7. The molecule has 0 unspecified atom stereocenters. The molecule has 0 radical (unpaired) electrons. The van der Waals surface area contributed by atoms with Crippen LogP contribution in [0.5, 0.6) is 0 Å².